The largest absolute Gasteiger partial charge is 0.379 e. The molecule has 84 valence electrons. The van der Waals surface area contributed by atoms with Gasteiger partial charge in [-0.1, -0.05) is 6.07 Å². The molecule has 3 nitrogen and oxygen atoms in total. The molecule has 2 heterocycles. The summed E-state index contributed by atoms with van der Waals surface area (Å²) in [5.74, 6) is 0. The Morgan fingerprint density at radius 1 is 1.73 bits per heavy atom. The van der Waals surface area contributed by atoms with Crippen LogP contribution < -0.4 is 11.1 Å². The van der Waals surface area contributed by atoms with Gasteiger partial charge < -0.3 is 15.8 Å². The minimum Gasteiger partial charge on any atom is -0.379 e. The van der Waals surface area contributed by atoms with E-state index >= 15 is 0 Å². The zero-order valence-electron chi connectivity index (χ0n) is 9.03. The number of rotatable bonds is 4. The van der Waals surface area contributed by atoms with Crippen LogP contribution in [0.25, 0.3) is 0 Å². The molecule has 0 saturated carbocycles. The van der Waals surface area contributed by atoms with E-state index in [-0.39, 0.29) is 11.6 Å². The van der Waals surface area contributed by atoms with Crippen LogP contribution in [0.15, 0.2) is 17.5 Å². The Hall–Kier alpha value is -0.420. The summed E-state index contributed by atoms with van der Waals surface area (Å²) in [7, 11) is 0. The highest BCUT2D eigenvalue weighted by atomic mass is 32.1. The summed E-state index contributed by atoms with van der Waals surface area (Å²) in [6, 6.07) is 4.23. The third kappa shape index (κ3) is 2.78. The third-order valence-electron chi connectivity index (χ3n) is 2.88. The number of hydrogen-bond donors (Lipinski definition) is 2. The van der Waals surface area contributed by atoms with Crippen molar-refractivity contribution in [3.8, 4) is 0 Å². The van der Waals surface area contributed by atoms with E-state index in [4.69, 9.17) is 10.5 Å². The van der Waals surface area contributed by atoms with Crippen LogP contribution in [-0.4, -0.2) is 25.3 Å². The van der Waals surface area contributed by atoms with Crippen molar-refractivity contribution in [2.45, 2.75) is 24.9 Å². The van der Waals surface area contributed by atoms with E-state index in [2.05, 4.69) is 23.7 Å². The van der Waals surface area contributed by atoms with Crippen molar-refractivity contribution in [2.24, 2.45) is 5.73 Å². The molecule has 2 rings (SSSR count). The first-order valence-electron chi connectivity index (χ1n) is 5.31. The van der Waals surface area contributed by atoms with Gasteiger partial charge in [-0.25, -0.2) is 0 Å². The lowest BCUT2D eigenvalue weighted by Crippen LogP contribution is -2.45. The van der Waals surface area contributed by atoms with Gasteiger partial charge in [-0.3, -0.25) is 0 Å². The molecule has 2 atom stereocenters. The third-order valence-corrected chi connectivity index (χ3v) is 3.88. The standard InChI is InChI=1S/C11H18N2OS/c1-11(4-5-14-8-11)13-7-9(12)10-3-2-6-15-10/h2-3,6,9,13H,4-5,7-8,12H2,1H3. The predicted octanol–water partition coefficient (Wildman–Crippen LogP) is 1.52. The van der Waals surface area contributed by atoms with E-state index in [9.17, 15) is 0 Å². The minimum atomic E-state index is 0.0995. The smallest absolute Gasteiger partial charge is 0.0646 e. The molecule has 0 radical (unpaired) electrons. The molecule has 0 amide bonds. The lowest BCUT2D eigenvalue weighted by molar-refractivity contribution is 0.171. The van der Waals surface area contributed by atoms with Gasteiger partial charge in [0.15, 0.2) is 0 Å². The van der Waals surface area contributed by atoms with Gasteiger partial charge in [0.25, 0.3) is 0 Å². The summed E-state index contributed by atoms with van der Waals surface area (Å²) in [4.78, 5) is 1.24. The molecule has 1 aromatic heterocycles. The van der Waals surface area contributed by atoms with Crippen LogP contribution in [0.4, 0.5) is 0 Å². The first-order valence-corrected chi connectivity index (χ1v) is 6.19. The SMILES string of the molecule is CC1(NCC(N)c2cccs2)CCOC1. The Morgan fingerprint density at radius 3 is 3.20 bits per heavy atom. The van der Waals surface area contributed by atoms with Crippen molar-refractivity contribution in [3.05, 3.63) is 22.4 Å². The summed E-state index contributed by atoms with van der Waals surface area (Å²) in [6.45, 7) is 4.67. The van der Waals surface area contributed by atoms with Gasteiger partial charge >= 0.3 is 0 Å². The second-order valence-corrected chi connectivity index (χ2v) is 5.35. The van der Waals surface area contributed by atoms with Crippen LogP contribution >= 0.6 is 11.3 Å². The quantitative estimate of drug-likeness (QED) is 0.818. The molecular formula is C11H18N2OS. The van der Waals surface area contributed by atoms with Crippen molar-refractivity contribution in [3.63, 3.8) is 0 Å². The molecular weight excluding hydrogens is 208 g/mol. The van der Waals surface area contributed by atoms with Gasteiger partial charge in [-0.15, -0.1) is 11.3 Å². The van der Waals surface area contributed by atoms with Crippen molar-refractivity contribution < 1.29 is 4.74 Å². The van der Waals surface area contributed by atoms with Crippen LogP contribution in [0.5, 0.6) is 0 Å². The topological polar surface area (TPSA) is 47.3 Å². The highest BCUT2D eigenvalue weighted by Crippen LogP contribution is 2.20. The van der Waals surface area contributed by atoms with Crippen molar-refractivity contribution in [1.29, 1.82) is 0 Å². The van der Waals surface area contributed by atoms with Gasteiger partial charge in [0.05, 0.1) is 12.6 Å². The molecule has 3 N–H and O–H groups in total. The molecule has 1 aliphatic heterocycles. The molecule has 0 aliphatic carbocycles. The summed E-state index contributed by atoms with van der Waals surface area (Å²) < 4.78 is 5.38. The number of thiophene rings is 1. The van der Waals surface area contributed by atoms with E-state index in [1.54, 1.807) is 11.3 Å². The fraction of sp³-hybridized carbons (Fsp3) is 0.636. The highest BCUT2D eigenvalue weighted by molar-refractivity contribution is 7.10. The van der Waals surface area contributed by atoms with Crippen LogP contribution in [0.3, 0.4) is 0 Å². The Morgan fingerprint density at radius 2 is 2.60 bits per heavy atom. The Kier molecular flexibility index (Phi) is 3.41. The molecule has 15 heavy (non-hydrogen) atoms. The number of hydrogen-bond acceptors (Lipinski definition) is 4. The second kappa shape index (κ2) is 4.61. The van der Waals surface area contributed by atoms with E-state index in [1.165, 1.54) is 4.88 Å². The van der Waals surface area contributed by atoms with Crippen molar-refractivity contribution >= 4 is 11.3 Å². The fourth-order valence-electron chi connectivity index (χ4n) is 1.77. The molecule has 0 aromatic carbocycles. The fourth-order valence-corrected chi connectivity index (χ4v) is 2.50. The highest BCUT2D eigenvalue weighted by Gasteiger charge is 2.29. The van der Waals surface area contributed by atoms with E-state index in [1.807, 2.05) is 6.07 Å². The maximum atomic E-state index is 6.08. The van der Waals surface area contributed by atoms with Crippen molar-refractivity contribution in [1.82, 2.24) is 5.32 Å². The molecule has 0 bridgehead atoms. The number of ether oxygens (including phenoxy) is 1. The Balaban J connectivity index is 1.83. The first kappa shape index (κ1) is 11.1. The van der Waals surface area contributed by atoms with E-state index < -0.39 is 0 Å². The lowest BCUT2D eigenvalue weighted by atomic mass is 10.0. The average molecular weight is 226 g/mol. The molecule has 1 aliphatic rings. The van der Waals surface area contributed by atoms with E-state index in [0.717, 1.165) is 26.2 Å². The zero-order valence-corrected chi connectivity index (χ0v) is 9.85. The molecule has 1 aromatic rings. The Labute approximate surface area is 94.6 Å². The monoisotopic (exact) mass is 226 g/mol. The number of nitrogens with two attached hydrogens (primary N) is 1. The van der Waals surface area contributed by atoms with Gasteiger partial charge in [-0.2, -0.15) is 0 Å². The average Bonchev–Trinajstić information content (AvgIpc) is 2.85. The molecule has 1 fully saturated rings. The van der Waals surface area contributed by atoms with Gasteiger partial charge in [0.2, 0.25) is 0 Å². The summed E-state index contributed by atoms with van der Waals surface area (Å²) >= 11 is 1.72. The maximum Gasteiger partial charge on any atom is 0.0646 e. The summed E-state index contributed by atoms with van der Waals surface area (Å²) in [5.41, 5.74) is 6.20. The van der Waals surface area contributed by atoms with Crippen LogP contribution in [-0.2, 0) is 4.74 Å². The van der Waals surface area contributed by atoms with Gasteiger partial charge in [0.1, 0.15) is 0 Å². The normalized spacial score (nSPS) is 28.1. The lowest BCUT2D eigenvalue weighted by Gasteiger charge is -2.25. The minimum absolute atomic E-state index is 0.0995. The van der Waals surface area contributed by atoms with Crippen LogP contribution in [0.2, 0.25) is 0 Å². The van der Waals surface area contributed by atoms with Crippen LogP contribution in [0.1, 0.15) is 24.3 Å². The molecule has 4 heteroatoms. The van der Waals surface area contributed by atoms with Crippen LogP contribution in [0, 0.1) is 0 Å². The van der Waals surface area contributed by atoms with Gasteiger partial charge in [0, 0.05) is 23.6 Å². The summed E-state index contributed by atoms with van der Waals surface area (Å²) in [5, 5.41) is 5.57. The summed E-state index contributed by atoms with van der Waals surface area (Å²) in [6.07, 6.45) is 1.07. The zero-order chi connectivity index (χ0) is 10.7. The predicted molar refractivity (Wildman–Crippen MR) is 63.1 cm³/mol. The van der Waals surface area contributed by atoms with Crippen molar-refractivity contribution in [2.75, 3.05) is 19.8 Å². The molecule has 0 spiro atoms. The number of nitrogens with one attached hydrogen (secondary N) is 1. The van der Waals surface area contributed by atoms with E-state index in [0.29, 0.717) is 0 Å². The maximum absolute atomic E-state index is 6.08. The second-order valence-electron chi connectivity index (χ2n) is 4.37. The Bertz CT molecular complexity index is 294. The van der Waals surface area contributed by atoms with Gasteiger partial charge in [-0.05, 0) is 24.8 Å². The molecule has 2 unspecified atom stereocenters. The first-order chi connectivity index (χ1) is 7.20. The molecule has 1 saturated heterocycles.